The molecule has 0 aromatic heterocycles. The second-order valence-corrected chi connectivity index (χ2v) is 4.66. The number of alkyl halides is 3. The third kappa shape index (κ3) is 3.93. The van der Waals surface area contributed by atoms with Crippen LogP contribution in [0.15, 0.2) is 18.2 Å². The summed E-state index contributed by atoms with van der Waals surface area (Å²) in [5.41, 5.74) is -0.721. The molecule has 1 N–H and O–H groups in total. The Kier molecular flexibility index (Phi) is 5.35. The van der Waals surface area contributed by atoms with Gasteiger partial charge in [-0.05, 0) is 30.2 Å². The van der Waals surface area contributed by atoms with Crippen molar-refractivity contribution in [2.24, 2.45) is 5.92 Å². The topological polar surface area (TPSA) is 12.0 Å². The predicted molar refractivity (Wildman–Crippen MR) is 67.3 cm³/mol. The summed E-state index contributed by atoms with van der Waals surface area (Å²) in [6, 6.07) is 3.03. The van der Waals surface area contributed by atoms with Gasteiger partial charge >= 0.3 is 6.18 Å². The Balaban J connectivity index is 3.18. The van der Waals surface area contributed by atoms with Crippen molar-refractivity contribution in [3.8, 4) is 0 Å². The Morgan fingerprint density at radius 3 is 2.32 bits per heavy atom. The molecule has 0 fully saturated rings. The molecule has 0 saturated carbocycles. The van der Waals surface area contributed by atoms with E-state index in [1.165, 1.54) is 6.07 Å². The SMILES string of the molecule is CCNC(c1ccc(F)c(C(F)(F)F)c1)C(C)CC. The van der Waals surface area contributed by atoms with Gasteiger partial charge in [0.15, 0.2) is 0 Å². The summed E-state index contributed by atoms with van der Waals surface area (Å²) in [5.74, 6) is -1.05. The summed E-state index contributed by atoms with van der Waals surface area (Å²) in [4.78, 5) is 0. The van der Waals surface area contributed by atoms with Gasteiger partial charge < -0.3 is 5.32 Å². The van der Waals surface area contributed by atoms with Crippen LogP contribution in [0.1, 0.15) is 44.4 Å². The van der Waals surface area contributed by atoms with Gasteiger partial charge in [-0.25, -0.2) is 4.39 Å². The molecule has 5 heteroatoms. The first kappa shape index (κ1) is 16.0. The average Bonchev–Trinajstić information content (AvgIpc) is 2.34. The van der Waals surface area contributed by atoms with E-state index in [0.717, 1.165) is 18.6 Å². The van der Waals surface area contributed by atoms with E-state index in [-0.39, 0.29) is 12.0 Å². The number of benzene rings is 1. The fraction of sp³-hybridized carbons (Fsp3) is 0.571. The van der Waals surface area contributed by atoms with E-state index >= 15 is 0 Å². The zero-order valence-electron chi connectivity index (χ0n) is 11.3. The van der Waals surface area contributed by atoms with Gasteiger partial charge in [0.05, 0.1) is 5.56 Å². The minimum atomic E-state index is -4.66. The van der Waals surface area contributed by atoms with E-state index in [0.29, 0.717) is 12.1 Å². The van der Waals surface area contributed by atoms with Gasteiger partial charge in [-0.1, -0.05) is 33.3 Å². The monoisotopic (exact) mass is 277 g/mol. The molecule has 108 valence electrons. The summed E-state index contributed by atoms with van der Waals surface area (Å²) in [7, 11) is 0. The van der Waals surface area contributed by atoms with E-state index < -0.39 is 17.6 Å². The van der Waals surface area contributed by atoms with Gasteiger partial charge in [0.25, 0.3) is 0 Å². The van der Waals surface area contributed by atoms with Gasteiger partial charge in [-0.3, -0.25) is 0 Å². The van der Waals surface area contributed by atoms with Crippen molar-refractivity contribution < 1.29 is 17.6 Å². The molecule has 0 saturated heterocycles. The molecule has 1 aromatic rings. The van der Waals surface area contributed by atoms with E-state index in [1.807, 2.05) is 20.8 Å². The molecule has 0 aliphatic rings. The predicted octanol–water partition coefficient (Wildman–Crippen LogP) is 4.54. The zero-order valence-corrected chi connectivity index (χ0v) is 11.3. The Morgan fingerprint density at radius 1 is 1.21 bits per heavy atom. The second-order valence-electron chi connectivity index (χ2n) is 4.66. The highest BCUT2D eigenvalue weighted by molar-refractivity contribution is 5.29. The molecule has 0 aliphatic carbocycles. The molecule has 0 heterocycles. The fourth-order valence-corrected chi connectivity index (χ4v) is 2.06. The zero-order chi connectivity index (χ0) is 14.6. The lowest BCUT2D eigenvalue weighted by atomic mass is 9.91. The standard InChI is InChI=1S/C14H19F4N/c1-4-9(3)13(19-5-2)10-6-7-12(15)11(8-10)14(16,17)18/h6-9,13,19H,4-5H2,1-3H3. The Hall–Kier alpha value is -1.10. The van der Waals surface area contributed by atoms with Gasteiger partial charge in [0.1, 0.15) is 5.82 Å². The number of halogens is 4. The molecular weight excluding hydrogens is 258 g/mol. The molecule has 1 aromatic carbocycles. The van der Waals surface area contributed by atoms with Gasteiger partial charge in [-0.2, -0.15) is 13.2 Å². The molecule has 1 nitrogen and oxygen atoms in total. The van der Waals surface area contributed by atoms with Crippen molar-refractivity contribution in [1.82, 2.24) is 5.32 Å². The maximum absolute atomic E-state index is 13.3. The van der Waals surface area contributed by atoms with Crippen LogP contribution in [0.25, 0.3) is 0 Å². The van der Waals surface area contributed by atoms with Crippen molar-refractivity contribution in [2.45, 2.75) is 39.4 Å². The lowest BCUT2D eigenvalue weighted by Crippen LogP contribution is -2.27. The van der Waals surface area contributed by atoms with E-state index in [9.17, 15) is 17.6 Å². The fourth-order valence-electron chi connectivity index (χ4n) is 2.06. The lowest BCUT2D eigenvalue weighted by Gasteiger charge is -2.25. The molecule has 0 bridgehead atoms. The summed E-state index contributed by atoms with van der Waals surface area (Å²) in [6.45, 7) is 6.48. The molecule has 1 rings (SSSR count). The van der Waals surface area contributed by atoms with Crippen LogP contribution in [0.2, 0.25) is 0 Å². The minimum absolute atomic E-state index is 0.173. The van der Waals surface area contributed by atoms with Crippen LogP contribution in [-0.2, 0) is 6.18 Å². The van der Waals surface area contributed by atoms with Gasteiger partial charge in [-0.15, -0.1) is 0 Å². The normalized spacial score (nSPS) is 15.3. The highest BCUT2D eigenvalue weighted by atomic mass is 19.4. The third-order valence-electron chi connectivity index (χ3n) is 3.29. The summed E-state index contributed by atoms with van der Waals surface area (Å²) >= 11 is 0. The average molecular weight is 277 g/mol. The lowest BCUT2D eigenvalue weighted by molar-refractivity contribution is -0.140. The highest BCUT2D eigenvalue weighted by Gasteiger charge is 2.35. The number of hydrogen-bond donors (Lipinski definition) is 1. The molecule has 0 amide bonds. The van der Waals surface area contributed by atoms with Crippen LogP contribution < -0.4 is 5.32 Å². The van der Waals surface area contributed by atoms with Crippen molar-refractivity contribution in [3.63, 3.8) is 0 Å². The van der Waals surface area contributed by atoms with Crippen molar-refractivity contribution >= 4 is 0 Å². The Bertz CT molecular complexity index is 414. The van der Waals surface area contributed by atoms with Gasteiger partial charge in [0.2, 0.25) is 0 Å². The van der Waals surface area contributed by atoms with Crippen LogP contribution in [0.5, 0.6) is 0 Å². The van der Waals surface area contributed by atoms with Crippen LogP contribution in [0.4, 0.5) is 17.6 Å². The van der Waals surface area contributed by atoms with Gasteiger partial charge in [0, 0.05) is 6.04 Å². The minimum Gasteiger partial charge on any atom is -0.310 e. The number of rotatable bonds is 5. The van der Waals surface area contributed by atoms with E-state index in [4.69, 9.17) is 0 Å². The number of nitrogens with one attached hydrogen (secondary N) is 1. The molecule has 0 radical (unpaired) electrons. The molecule has 0 aliphatic heterocycles. The smallest absolute Gasteiger partial charge is 0.310 e. The van der Waals surface area contributed by atoms with E-state index in [2.05, 4.69) is 5.32 Å². The Labute approximate surface area is 111 Å². The summed E-state index contributed by atoms with van der Waals surface area (Å²) < 4.78 is 51.4. The second kappa shape index (κ2) is 6.37. The third-order valence-corrected chi connectivity index (χ3v) is 3.29. The Morgan fingerprint density at radius 2 is 1.84 bits per heavy atom. The first-order chi connectivity index (χ1) is 8.81. The molecule has 2 atom stereocenters. The summed E-state index contributed by atoms with van der Waals surface area (Å²) in [6.07, 6.45) is -3.83. The maximum atomic E-state index is 13.3. The van der Waals surface area contributed by atoms with Crippen LogP contribution >= 0.6 is 0 Å². The first-order valence-corrected chi connectivity index (χ1v) is 6.41. The quantitative estimate of drug-likeness (QED) is 0.779. The molecule has 0 spiro atoms. The van der Waals surface area contributed by atoms with Crippen molar-refractivity contribution in [2.75, 3.05) is 6.54 Å². The molecular formula is C14H19F4N. The largest absolute Gasteiger partial charge is 0.419 e. The van der Waals surface area contributed by atoms with E-state index in [1.54, 1.807) is 0 Å². The van der Waals surface area contributed by atoms with Crippen molar-refractivity contribution in [3.05, 3.63) is 35.1 Å². The highest BCUT2D eigenvalue weighted by Crippen LogP contribution is 2.34. The number of hydrogen-bond acceptors (Lipinski definition) is 1. The first-order valence-electron chi connectivity index (χ1n) is 6.41. The van der Waals surface area contributed by atoms with Crippen molar-refractivity contribution in [1.29, 1.82) is 0 Å². The van der Waals surface area contributed by atoms with Crippen LogP contribution in [-0.4, -0.2) is 6.54 Å². The molecule has 2 unspecified atom stereocenters. The molecule has 19 heavy (non-hydrogen) atoms. The van der Waals surface area contributed by atoms with Crippen LogP contribution in [0.3, 0.4) is 0 Å². The van der Waals surface area contributed by atoms with Crippen LogP contribution in [0, 0.1) is 11.7 Å². The maximum Gasteiger partial charge on any atom is 0.419 e. The summed E-state index contributed by atoms with van der Waals surface area (Å²) in [5, 5.41) is 3.16.